The van der Waals surface area contributed by atoms with Crippen LogP contribution in [0.4, 0.5) is 0 Å². The summed E-state index contributed by atoms with van der Waals surface area (Å²) >= 11 is 1.34. The molecular weight excluding hydrogens is 384 g/mol. The third-order valence-corrected chi connectivity index (χ3v) is 7.24. The van der Waals surface area contributed by atoms with Crippen molar-refractivity contribution in [3.63, 3.8) is 0 Å². The summed E-state index contributed by atoms with van der Waals surface area (Å²) in [7, 11) is -0.584. The Kier molecular flexibility index (Phi) is 4.06. The van der Waals surface area contributed by atoms with Crippen LogP contribution in [0.5, 0.6) is 5.75 Å². The van der Waals surface area contributed by atoms with Crippen molar-refractivity contribution < 1.29 is 13.5 Å². The van der Waals surface area contributed by atoms with E-state index in [1.807, 2.05) is 11.4 Å². The summed E-state index contributed by atoms with van der Waals surface area (Å²) in [6, 6.07) is 11.4. The average Bonchev–Trinajstić information content (AvgIpc) is 3.13. The molecule has 0 fully saturated rings. The van der Waals surface area contributed by atoms with Gasteiger partial charge in [0, 0.05) is 35.9 Å². The molecule has 0 bridgehead atoms. The molecule has 0 saturated heterocycles. The second-order valence-electron chi connectivity index (χ2n) is 6.31. The molecule has 6 nitrogen and oxygen atoms in total. The number of fused-ring (bicyclic) bond motifs is 3. The van der Waals surface area contributed by atoms with Gasteiger partial charge >= 0.3 is 0 Å². The Morgan fingerprint density at radius 3 is 2.41 bits per heavy atom. The number of rotatable bonds is 3. The van der Waals surface area contributed by atoms with Gasteiger partial charge in [-0.3, -0.25) is 4.79 Å². The topological polar surface area (TPSA) is 90.5 Å². The van der Waals surface area contributed by atoms with E-state index < -0.39 is 10.0 Å². The highest BCUT2D eigenvalue weighted by Gasteiger charge is 2.19. The lowest BCUT2D eigenvalue weighted by Gasteiger charge is -2.13. The van der Waals surface area contributed by atoms with E-state index in [9.17, 15) is 18.3 Å². The monoisotopic (exact) mass is 400 g/mol. The molecule has 2 aromatic carbocycles. The van der Waals surface area contributed by atoms with Crippen molar-refractivity contribution in [1.29, 1.82) is 0 Å². The molecule has 138 valence electrons. The van der Waals surface area contributed by atoms with Crippen molar-refractivity contribution in [3.8, 4) is 16.9 Å². The fraction of sp³-hybridized carbons (Fsp3) is 0.105. The third-order valence-electron chi connectivity index (χ3n) is 4.49. The minimum atomic E-state index is -3.53. The third kappa shape index (κ3) is 2.73. The predicted molar refractivity (Wildman–Crippen MR) is 108 cm³/mol. The van der Waals surface area contributed by atoms with Crippen molar-refractivity contribution >= 4 is 42.3 Å². The molecule has 4 aromatic rings. The zero-order chi connectivity index (χ0) is 19.3. The lowest BCUT2D eigenvalue weighted by atomic mass is 9.97. The Bertz CT molecular complexity index is 1330. The molecule has 0 unspecified atom stereocenters. The predicted octanol–water partition coefficient (Wildman–Crippen LogP) is 3.37. The smallest absolute Gasteiger partial charge is 0.266 e. The first-order valence-corrected chi connectivity index (χ1v) is 10.4. The SMILES string of the molecule is CN(C)S(=O)(=O)c1ccc(-c2c(O)ccc3[nH]c(=O)c4sccc4c23)cc1. The second-order valence-corrected chi connectivity index (χ2v) is 9.38. The van der Waals surface area contributed by atoms with Gasteiger partial charge in [0.25, 0.3) is 5.56 Å². The average molecular weight is 400 g/mol. The summed E-state index contributed by atoms with van der Waals surface area (Å²) in [4.78, 5) is 15.2. The van der Waals surface area contributed by atoms with Crippen molar-refractivity contribution in [2.24, 2.45) is 0 Å². The zero-order valence-corrected chi connectivity index (χ0v) is 16.2. The molecule has 4 rings (SSSR count). The summed E-state index contributed by atoms with van der Waals surface area (Å²) in [6.07, 6.45) is 0. The van der Waals surface area contributed by atoms with E-state index in [0.717, 1.165) is 15.1 Å². The normalized spacial score (nSPS) is 12.3. The van der Waals surface area contributed by atoms with Gasteiger partial charge in [-0.05, 0) is 41.3 Å². The zero-order valence-electron chi connectivity index (χ0n) is 14.6. The summed E-state index contributed by atoms with van der Waals surface area (Å²) in [5.74, 6) is 0.0604. The number of hydrogen-bond acceptors (Lipinski definition) is 5. The maximum absolute atomic E-state index is 12.3. The van der Waals surface area contributed by atoms with Gasteiger partial charge in [0.2, 0.25) is 10.0 Å². The van der Waals surface area contributed by atoms with Crippen molar-refractivity contribution in [1.82, 2.24) is 9.29 Å². The number of aromatic amines is 1. The summed E-state index contributed by atoms with van der Waals surface area (Å²) in [5.41, 5.74) is 1.66. The Balaban J connectivity index is 2.01. The number of nitrogens with zero attached hydrogens (tertiary/aromatic N) is 1. The van der Waals surface area contributed by atoms with Crippen LogP contribution in [-0.2, 0) is 10.0 Å². The van der Waals surface area contributed by atoms with Gasteiger partial charge in [-0.1, -0.05) is 12.1 Å². The number of H-pyrrole nitrogens is 1. The number of pyridine rings is 1. The van der Waals surface area contributed by atoms with Crippen LogP contribution in [0.3, 0.4) is 0 Å². The fourth-order valence-corrected chi connectivity index (χ4v) is 4.83. The Morgan fingerprint density at radius 2 is 1.74 bits per heavy atom. The molecular formula is C19H16N2O4S2. The largest absolute Gasteiger partial charge is 0.507 e. The number of sulfonamides is 1. The molecule has 0 spiro atoms. The van der Waals surface area contributed by atoms with Crippen molar-refractivity contribution in [2.45, 2.75) is 4.90 Å². The van der Waals surface area contributed by atoms with Crippen LogP contribution in [0, 0.1) is 0 Å². The van der Waals surface area contributed by atoms with Gasteiger partial charge in [-0.25, -0.2) is 12.7 Å². The van der Waals surface area contributed by atoms with Crippen LogP contribution in [0.1, 0.15) is 0 Å². The number of aromatic nitrogens is 1. The second kappa shape index (κ2) is 6.19. The fourth-order valence-electron chi connectivity index (χ4n) is 3.13. The standard InChI is InChI=1S/C19H16N2O4S2/c1-21(2)27(24,25)12-5-3-11(4-6-12)16-15(22)8-7-14-17(16)13-9-10-26-18(13)19(23)20-14/h3-10,22H,1-2H3,(H,20,23). The molecule has 2 aromatic heterocycles. The summed E-state index contributed by atoms with van der Waals surface area (Å²) < 4.78 is 26.3. The number of phenols is 1. The number of hydrogen-bond donors (Lipinski definition) is 2. The van der Waals surface area contributed by atoms with Crippen LogP contribution >= 0.6 is 11.3 Å². The van der Waals surface area contributed by atoms with Gasteiger partial charge in [0.05, 0.1) is 4.90 Å². The quantitative estimate of drug-likeness (QED) is 0.552. The van der Waals surface area contributed by atoms with Gasteiger partial charge < -0.3 is 10.1 Å². The highest BCUT2D eigenvalue weighted by Crippen LogP contribution is 2.39. The minimum absolute atomic E-state index is 0.0604. The van der Waals surface area contributed by atoms with E-state index in [0.29, 0.717) is 21.3 Å². The van der Waals surface area contributed by atoms with E-state index in [2.05, 4.69) is 4.98 Å². The molecule has 0 aliphatic heterocycles. The van der Waals surface area contributed by atoms with E-state index in [1.54, 1.807) is 18.2 Å². The Morgan fingerprint density at radius 1 is 1.04 bits per heavy atom. The minimum Gasteiger partial charge on any atom is -0.507 e. The molecule has 8 heteroatoms. The van der Waals surface area contributed by atoms with Crippen LogP contribution in [0.15, 0.2) is 57.5 Å². The van der Waals surface area contributed by atoms with Crippen molar-refractivity contribution in [2.75, 3.05) is 14.1 Å². The molecule has 27 heavy (non-hydrogen) atoms. The lowest BCUT2D eigenvalue weighted by molar-refractivity contribution is 0.478. The molecule has 0 aliphatic carbocycles. The Labute approximate surface area is 159 Å². The summed E-state index contributed by atoms with van der Waals surface area (Å²) in [6.45, 7) is 0. The van der Waals surface area contributed by atoms with Crippen LogP contribution in [0.2, 0.25) is 0 Å². The highest BCUT2D eigenvalue weighted by atomic mass is 32.2. The van der Waals surface area contributed by atoms with Crippen LogP contribution in [0.25, 0.3) is 32.1 Å². The number of nitrogens with one attached hydrogen (secondary N) is 1. The molecule has 0 saturated carbocycles. The number of aromatic hydroxyl groups is 1. The molecule has 0 radical (unpaired) electrons. The first kappa shape index (κ1) is 17.7. The highest BCUT2D eigenvalue weighted by molar-refractivity contribution is 7.89. The molecule has 2 N–H and O–H groups in total. The van der Waals surface area contributed by atoms with Gasteiger partial charge in [0.1, 0.15) is 10.4 Å². The van der Waals surface area contributed by atoms with Gasteiger partial charge in [0.15, 0.2) is 0 Å². The maximum Gasteiger partial charge on any atom is 0.266 e. The Hall–Kier alpha value is -2.68. The van der Waals surface area contributed by atoms with Crippen LogP contribution in [-0.4, -0.2) is 36.9 Å². The van der Waals surface area contributed by atoms with Crippen LogP contribution < -0.4 is 5.56 Å². The molecule has 0 atom stereocenters. The number of benzene rings is 2. The molecule has 0 amide bonds. The number of thiophene rings is 1. The molecule has 2 heterocycles. The van der Waals surface area contributed by atoms with Gasteiger partial charge in [-0.15, -0.1) is 11.3 Å². The summed E-state index contributed by atoms with van der Waals surface area (Å²) in [5, 5.41) is 13.9. The van der Waals surface area contributed by atoms with E-state index in [1.165, 1.54) is 43.6 Å². The van der Waals surface area contributed by atoms with E-state index in [4.69, 9.17) is 0 Å². The first-order valence-electron chi connectivity index (χ1n) is 8.09. The van der Waals surface area contributed by atoms with E-state index in [-0.39, 0.29) is 16.2 Å². The number of phenolic OH excluding ortho intramolecular Hbond substituents is 1. The maximum atomic E-state index is 12.3. The van der Waals surface area contributed by atoms with E-state index >= 15 is 0 Å². The van der Waals surface area contributed by atoms with Gasteiger partial charge in [-0.2, -0.15) is 0 Å². The molecule has 0 aliphatic rings. The first-order chi connectivity index (χ1) is 12.8. The lowest BCUT2D eigenvalue weighted by Crippen LogP contribution is -2.22. The van der Waals surface area contributed by atoms with Crippen molar-refractivity contribution in [3.05, 3.63) is 58.2 Å².